The lowest BCUT2D eigenvalue weighted by atomic mass is 9.95. The summed E-state index contributed by atoms with van der Waals surface area (Å²) in [6.07, 6.45) is -6.24. The average molecular weight is 292 g/mol. The number of rotatable bonds is 3. The molecule has 0 aliphatic carbocycles. The van der Waals surface area contributed by atoms with Gasteiger partial charge < -0.3 is 34.6 Å². The van der Waals surface area contributed by atoms with Gasteiger partial charge in [-0.05, 0) is 6.92 Å². The molecule has 0 spiro atoms. The highest BCUT2D eigenvalue weighted by Crippen LogP contribution is 2.31. The molecule has 0 saturated carbocycles. The number of hydrogen-bond donors (Lipinski definition) is 4. The smallest absolute Gasteiger partial charge is 0.308 e. The molecule has 0 radical (unpaired) electrons. The fourth-order valence-corrected chi connectivity index (χ4v) is 2.37. The van der Waals surface area contributed by atoms with Crippen molar-refractivity contribution in [3.8, 4) is 0 Å². The Balaban J connectivity index is 2.05. The fraction of sp³-hybridized carbons (Fsp3) is 0.917. The number of esters is 1. The second-order valence-electron chi connectivity index (χ2n) is 5.41. The second-order valence-corrected chi connectivity index (χ2v) is 5.41. The molecule has 4 N–H and O–H groups in total. The van der Waals surface area contributed by atoms with Gasteiger partial charge in [0.2, 0.25) is 0 Å². The third kappa shape index (κ3) is 3.11. The Morgan fingerprint density at radius 3 is 2.60 bits per heavy atom. The fourth-order valence-electron chi connectivity index (χ4n) is 2.37. The SMILES string of the molecule is CC1(OC2OC(CO)C(O)C(O)C2O)CCOC(=O)C1. The first-order valence-corrected chi connectivity index (χ1v) is 6.50. The minimum atomic E-state index is -1.50. The summed E-state index contributed by atoms with van der Waals surface area (Å²) in [5, 5.41) is 38.3. The van der Waals surface area contributed by atoms with Crippen LogP contribution < -0.4 is 0 Å². The lowest BCUT2D eigenvalue weighted by molar-refractivity contribution is -0.328. The van der Waals surface area contributed by atoms with Crippen LogP contribution in [0, 0.1) is 0 Å². The number of carbonyl (C=O) groups is 1. The van der Waals surface area contributed by atoms with Gasteiger partial charge in [0.1, 0.15) is 24.4 Å². The number of cyclic esters (lactones) is 1. The second kappa shape index (κ2) is 5.92. The molecule has 116 valence electrons. The van der Waals surface area contributed by atoms with Crippen LogP contribution in [-0.4, -0.2) is 75.9 Å². The predicted molar refractivity (Wildman–Crippen MR) is 63.5 cm³/mol. The molecule has 2 fully saturated rings. The highest BCUT2D eigenvalue weighted by Gasteiger charge is 2.47. The summed E-state index contributed by atoms with van der Waals surface area (Å²) < 4.78 is 15.7. The first kappa shape index (κ1) is 15.6. The number of aliphatic hydroxyl groups excluding tert-OH is 4. The molecule has 2 aliphatic heterocycles. The Morgan fingerprint density at radius 2 is 2.00 bits per heavy atom. The maximum absolute atomic E-state index is 11.3. The van der Waals surface area contributed by atoms with Gasteiger partial charge in [-0.3, -0.25) is 4.79 Å². The van der Waals surface area contributed by atoms with Crippen LogP contribution in [0.5, 0.6) is 0 Å². The van der Waals surface area contributed by atoms with Crippen LogP contribution in [0.4, 0.5) is 0 Å². The van der Waals surface area contributed by atoms with Crippen molar-refractivity contribution in [3.63, 3.8) is 0 Å². The molecule has 20 heavy (non-hydrogen) atoms. The van der Waals surface area contributed by atoms with Gasteiger partial charge in [-0.15, -0.1) is 0 Å². The Bertz CT molecular complexity index is 359. The van der Waals surface area contributed by atoms with E-state index in [1.807, 2.05) is 0 Å². The minimum Gasteiger partial charge on any atom is -0.465 e. The third-order valence-corrected chi connectivity index (χ3v) is 3.66. The van der Waals surface area contributed by atoms with Crippen LogP contribution in [-0.2, 0) is 19.0 Å². The van der Waals surface area contributed by atoms with Gasteiger partial charge in [0.05, 0.1) is 25.2 Å². The monoisotopic (exact) mass is 292 g/mol. The summed E-state index contributed by atoms with van der Waals surface area (Å²) in [6.45, 7) is 1.35. The van der Waals surface area contributed by atoms with E-state index in [0.717, 1.165) is 0 Å². The Morgan fingerprint density at radius 1 is 1.30 bits per heavy atom. The zero-order valence-electron chi connectivity index (χ0n) is 11.1. The van der Waals surface area contributed by atoms with Gasteiger partial charge in [-0.1, -0.05) is 0 Å². The summed E-state index contributed by atoms with van der Waals surface area (Å²) in [5.74, 6) is -0.414. The molecule has 2 saturated heterocycles. The third-order valence-electron chi connectivity index (χ3n) is 3.66. The first-order valence-electron chi connectivity index (χ1n) is 6.50. The van der Waals surface area contributed by atoms with Crippen molar-refractivity contribution in [2.24, 2.45) is 0 Å². The van der Waals surface area contributed by atoms with Crippen molar-refractivity contribution in [2.75, 3.05) is 13.2 Å². The summed E-state index contributed by atoms with van der Waals surface area (Å²) in [6, 6.07) is 0. The van der Waals surface area contributed by atoms with E-state index in [2.05, 4.69) is 0 Å². The Kier molecular flexibility index (Phi) is 4.62. The van der Waals surface area contributed by atoms with E-state index in [4.69, 9.17) is 19.3 Å². The van der Waals surface area contributed by atoms with E-state index < -0.39 is 48.9 Å². The molecular formula is C12H20O8. The van der Waals surface area contributed by atoms with E-state index in [1.165, 1.54) is 0 Å². The molecule has 0 aromatic heterocycles. The normalized spacial score (nSPS) is 46.0. The van der Waals surface area contributed by atoms with E-state index in [1.54, 1.807) is 6.92 Å². The molecule has 0 amide bonds. The van der Waals surface area contributed by atoms with Crippen LogP contribution in [0.3, 0.4) is 0 Å². The molecule has 2 heterocycles. The van der Waals surface area contributed by atoms with E-state index in [0.29, 0.717) is 6.42 Å². The molecule has 0 bridgehead atoms. The number of carbonyl (C=O) groups excluding carboxylic acids is 1. The molecule has 8 heteroatoms. The number of hydrogen-bond acceptors (Lipinski definition) is 8. The first-order chi connectivity index (χ1) is 9.36. The largest absolute Gasteiger partial charge is 0.465 e. The Labute approximate surface area is 115 Å². The van der Waals surface area contributed by atoms with E-state index in [-0.39, 0.29) is 13.0 Å². The van der Waals surface area contributed by atoms with E-state index in [9.17, 15) is 20.1 Å². The van der Waals surface area contributed by atoms with Crippen molar-refractivity contribution in [2.45, 2.75) is 56.1 Å². The van der Waals surface area contributed by atoms with Crippen LogP contribution in [0.25, 0.3) is 0 Å². The summed E-state index contributed by atoms with van der Waals surface area (Å²) in [4.78, 5) is 11.3. The van der Waals surface area contributed by atoms with Gasteiger partial charge in [-0.2, -0.15) is 0 Å². The van der Waals surface area contributed by atoms with Crippen LogP contribution in [0.2, 0.25) is 0 Å². The van der Waals surface area contributed by atoms with Gasteiger partial charge in [-0.25, -0.2) is 0 Å². The van der Waals surface area contributed by atoms with Crippen molar-refractivity contribution < 1.29 is 39.4 Å². The molecule has 6 unspecified atom stereocenters. The maximum Gasteiger partial charge on any atom is 0.308 e. The van der Waals surface area contributed by atoms with Crippen molar-refractivity contribution in [1.82, 2.24) is 0 Å². The zero-order chi connectivity index (χ0) is 14.9. The highest BCUT2D eigenvalue weighted by atomic mass is 16.7. The molecule has 2 aliphatic rings. The molecule has 6 atom stereocenters. The molecule has 8 nitrogen and oxygen atoms in total. The Hall–Kier alpha value is -0.770. The van der Waals surface area contributed by atoms with E-state index >= 15 is 0 Å². The van der Waals surface area contributed by atoms with Crippen LogP contribution in [0.15, 0.2) is 0 Å². The summed E-state index contributed by atoms with van der Waals surface area (Å²) in [5.41, 5.74) is -0.886. The standard InChI is InChI=1S/C12H20O8/c1-12(2-3-18-7(14)4-12)20-11-10(17)9(16)8(15)6(5-13)19-11/h6,8-11,13,15-17H,2-5H2,1H3. The summed E-state index contributed by atoms with van der Waals surface area (Å²) in [7, 11) is 0. The van der Waals surface area contributed by atoms with Crippen LogP contribution >= 0.6 is 0 Å². The zero-order valence-corrected chi connectivity index (χ0v) is 11.1. The molecule has 2 rings (SSSR count). The minimum absolute atomic E-state index is 0.00200. The lowest BCUT2D eigenvalue weighted by Gasteiger charge is -2.44. The van der Waals surface area contributed by atoms with Crippen molar-refractivity contribution in [1.29, 1.82) is 0 Å². The van der Waals surface area contributed by atoms with Gasteiger partial charge in [0.25, 0.3) is 0 Å². The van der Waals surface area contributed by atoms with Crippen molar-refractivity contribution >= 4 is 5.97 Å². The van der Waals surface area contributed by atoms with Gasteiger partial charge >= 0.3 is 5.97 Å². The highest BCUT2D eigenvalue weighted by molar-refractivity contribution is 5.71. The maximum atomic E-state index is 11.3. The molecule has 0 aromatic rings. The predicted octanol–water partition coefficient (Wildman–Crippen LogP) is -2.10. The lowest BCUT2D eigenvalue weighted by Crippen LogP contribution is -2.61. The number of aliphatic hydroxyl groups is 4. The average Bonchev–Trinajstić information content (AvgIpc) is 2.39. The van der Waals surface area contributed by atoms with Gasteiger partial charge in [0.15, 0.2) is 6.29 Å². The van der Waals surface area contributed by atoms with Crippen LogP contribution in [0.1, 0.15) is 19.8 Å². The summed E-state index contributed by atoms with van der Waals surface area (Å²) >= 11 is 0. The topological polar surface area (TPSA) is 126 Å². The molecule has 0 aromatic carbocycles. The number of ether oxygens (including phenoxy) is 3. The van der Waals surface area contributed by atoms with Crippen molar-refractivity contribution in [3.05, 3.63) is 0 Å². The van der Waals surface area contributed by atoms with Gasteiger partial charge in [0, 0.05) is 6.42 Å². The quantitative estimate of drug-likeness (QED) is 0.436. The molecular weight excluding hydrogens is 272 g/mol.